The van der Waals surface area contributed by atoms with Crippen LogP contribution in [0.2, 0.25) is 0 Å². The molecule has 4 aromatic rings. The second-order valence-electron chi connectivity index (χ2n) is 11.1. The number of carbonyl (C=O) groups excluding carboxylic acids is 1. The first-order valence-corrected chi connectivity index (χ1v) is 15.6. The molecule has 2 aliphatic rings. The number of pyridine rings is 1. The summed E-state index contributed by atoms with van der Waals surface area (Å²) in [4.78, 5) is 18.9. The number of primary amides is 1. The molecular formula is C29H34N6O4S. The van der Waals surface area contributed by atoms with Gasteiger partial charge in [-0.2, -0.15) is 10.2 Å². The Morgan fingerprint density at radius 3 is 2.62 bits per heavy atom. The Morgan fingerprint density at radius 2 is 1.85 bits per heavy atom. The van der Waals surface area contributed by atoms with Gasteiger partial charge in [-0.05, 0) is 74.8 Å². The molecule has 1 saturated heterocycles. The van der Waals surface area contributed by atoms with Crippen LogP contribution >= 0.6 is 0 Å². The molecule has 3 N–H and O–H groups in total. The van der Waals surface area contributed by atoms with Crippen LogP contribution in [0.25, 0.3) is 21.8 Å². The maximum Gasteiger partial charge on any atom is 0.248 e. The summed E-state index contributed by atoms with van der Waals surface area (Å²) in [5, 5.41) is 11.9. The minimum atomic E-state index is -3.37. The van der Waals surface area contributed by atoms with Crippen molar-refractivity contribution in [3.05, 3.63) is 60.2 Å². The van der Waals surface area contributed by atoms with Crippen LogP contribution < -0.4 is 10.5 Å². The predicted molar refractivity (Wildman–Crippen MR) is 152 cm³/mol. The van der Waals surface area contributed by atoms with Gasteiger partial charge in [-0.15, -0.1) is 0 Å². The molecule has 210 valence electrons. The highest BCUT2D eigenvalue weighted by atomic mass is 32.2. The molecule has 1 amide bonds. The quantitative estimate of drug-likeness (QED) is 0.330. The zero-order valence-electron chi connectivity index (χ0n) is 22.3. The number of piperidine rings is 1. The summed E-state index contributed by atoms with van der Waals surface area (Å²) in [6.45, 7) is 1.47. The van der Waals surface area contributed by atoms with E-state index in [1.165, 1.54) is 0 Å². The Bertz CT molecular complexity index is 1610. The molecule has 6 rings (SSSR count). The molecule has 0 radical (unpaired) electrons. The number of amides is 1. The van der Waals surface area contributed by atoms with Gasteiger partial charge in [-0.1, -0.05) is 0 Å². The molecule has 1 saturated carbocycles. The summed E-state index contributed by atoms with van der Waals surface area (Å²) in [6.07, 6.45) is 10.7. The van der Waals surface area contributed by atoms with E-state index in [1.807, 2.05) is 18.5 Å². The largest absolute Gasteiger partial charge is 0.493 e. The number of fused-ring (bicyclic) bond motifs is 3. The number of hydrogen-bond donors (Lipinski definition) is 2. The highest BCUT2D eigenvalue weighted by molar-refractivity contribution is 7.89. The van der Waals surface area contributed by atoms with E-state index in [4.69, 9.17) is 10.5 Å². The van der Waals surface area contributed by atoms with Crippen molar-refractivity contribution in [2.45, 2.75) is 44.4 Å². The van der Waals surface area contributed by atoms with E-state index in [2.05, 4.69) is 20.2 Å². The zero-order valence-corrected chi connectivity index (χ0v) is 23.1. The minimum Gasteiger partial charge on any atom is -0.493 e. The van der Waals surface area contributed by atoms with Gasteiger partial charge in [0.2, 0.25) is 15.9 Å². The molecule has 4 heterocycles. The lowest BCUT2D eigenvalue weighted by molar-refractivity contribution is 0.1000. The minimum absolute atomic E-state index is 0.125. The van der Waals surface area contributed by atoms with E-state index in [9.17, 15) is 13.2 Å². The lowest BCUT2D eigenvalue weighted by atomic mass is 9.80. The van der Waals surface area contributed by atoms with Crippen LogP contribution in [0.1, 0.15) is 60.5 Å². The molecule has 2 fully saturated rings. The van der Waals surface area contributed by atoms with Crippen LogP contribution in [0.4, 0.5) is 0 Å². The third-order valence-electron chi connectivity index (χ3n) is 8.41. The molecule has 1 atom stereocenters. The SMILES string of the molecule is NC(=O)c1ccc(OCC2CCCN(S(=O)(=O)CC3CCC(c4nncc5cnc6[nH]ccc6c45)CC3)C2)cc1. The van der Waals surface area contributed by atoms with Gasteiger partial charge >= 0.3 is 0 Å². The summed E-state index contributed by atoms with van der Waals surface area (Å²) in [7, 11) is -3.37. The Kier molecular flexibility index (Phi) is 7.41. The number of nitrogens with two attached hydrogens (primary N) is 1. The molecule has 11 heteroatoms. The third-order valence-corrected chi connectivity index (χ3v) is 10.4. The Labute approximate surface area is 233 Å². The Morgan fingerprint density at radius 1 is 1.05 bits per heavy atom. The summed E-state index contributed by atoms with van der Waals surface area (Å²) in [6, 6.07) is 8.74. The van der Waals surface area contributed by atoms with Crippen molar-refractivity contribution in [2.75, 3.05) is 25.4 Å². The zero-order chi connectivity index (χ0) is 27.7. The number of rotatable bonds is 8. The molecular weight excluding hydrogens is 528 g/mol. The van der Waals surface area contributed by atoms with Crippen molar-refractivity contribution in [3.8, 4) is 5.75 Å². The van der Waals surface area contributed by atoms with E-state index >= 15 is 0 Å². The van der Waals surface area contributed by atoms with Gasteiger partial charge in [-0.25, -0.2) is 17.7 Å². The molecule has 0 spiro atoms. The number of sulfonamides is 1. The number of aromatic nitrogens is 4. The van der Waals surface area contributed by atoms with E-state index in [1.54, 1.807) is 34.8 Å². The maximum atomic E-state index is 13.4. The average Bonchev–Trinajstić information content (AvgIpc) is 3.46. The molecule has 1 unspecified atom stereocenters. The topological polar surface area (TPSA) is 144 Å². The van der Waals surface area contributed by atoms with E-state index in [0.717, 1.165) is 66.0 Å². The fourth-order valence-electron chi connectivity index (χ4n) is 6.25. The number of ether oxygens (including phenoxy) is 1. The van der Waals surface area contributed by atoms with Gasteiger partial charge < -0.3 is 15.5 Å². The molecule has 1 aliphatic carbocycles. The lowest BCUT2D eigenvalue weighted by Crippen LogP contribution is -2.43. The second-order valence-corrected chi connectivity index (χ2v) is 13.1. The smallest absolute Gasteiger partial charge is 0.248 e. The number of hydrogen-bond acceptors (Lipinski definition) is 7. The van der Waals surface area contributed by atoms with Crippen molar-refractivity contribution >= 4 is 37.7 Å². The van der Waals surface area contributed by atoms with Crippen molar-refractivity contribution in [2.24, 2.45) is 17.6 Å². The van der Waals surface area contributed by atoms with Gasteiger partial charge in [0.25, 0.3) is 0 Å². The van der Waals surface area contributed by atoms with Gasteiger partial charge in [-0.3, -0.25) is 4.79 Å². The normalized spacial score (nSPS) is 22.4. The summed E-state index contributed by atoms with van der Waals surface area (Å²) < 4.78 is 34.4. The number of nitrogens with zero attached hydrogens (tertiary/aromatic N) is 4. The summed E-state index contributed by atoms with van der Waals surface area (Å²) >= 11 is 0. The van der Waals surface area contributed by atoms with E-state index in [0.29, 0.717) is 31.0 Å². The van der Waals surface area contributed by atoms with Crippen molar-refractivity contribution in [1.82, 2.24) is 24.5 Å². The highest BCUT2D eigenvalue weighted by Crippen LogP contribution is 2.39. The van der Waals surface area contributed by atoms with E-state index < -0.39 is 15.9 Å². The van der Waals surface area contributed by atoms with Crippen LogP contribution in [0.5, 0.6) is 5.75 Å². The first-order chi connectivity index (χ1) is 19.4. The molecule has 10 nitrogen and oxygen atoms in total. The monoisotopic (exact) mass is 562 g/mol. The number of aromatic amines is 1. The molecule has 1 aliphatic heterocycles. The first-order valence-electron chi connectivity index (χ1n) is 14.0. The molecule has 40 heavy (non-hydrogen) atoms. The fraction of sp³-hybridized carbons (Fsp3) is 0.448. The van der Waals surface area contributed by atoms with Crippen LogP contribution in [-0.4, -0.2) is 64.2 Å². The van der Waals surface area contributed by atoms with Crippen LogP contribution in [0.15, 0.2) is 48.9 Å². The maximum absolute atomic E-state index is 13.4. The summed E-state index contributed by atoms with van der Waals surface area (Å²) in [5.74, 6) is 0.870. The molecule has 3 aromatic heterocycles. The summed E-state index contributed by atoms with van der Waals surface area (Å²) in [5.41, 5.74) is 7.56. The van der Waals surface area contributed by atoms with Crippen LogP contribution in [0, 0.1) is 11.8 Å². The van der Waals surface area contributed by atoms with Gasteiger partial charge in [0.1, 0.15) is 11.4 Å². The van der Waals surface area contributed by atoms with Crippen molar-refractivity contribution in [3.63, 3.8) is 0 Å². The van der Waals surface area contributed by atoms with E-state index in [-0.39, 0.29) is 23.5 Å². The first kappa shape index (κ1) is 26.6. The van der Waals surface area contributed by atoms with Crippen LogP contribution in [-0.2, 0) is 10.0 Å². The van der Waals surface area contributed by atoms with Crippen LogP contribution in [0.3, 0.4) is 0 Å². The Balaban J connectivity index is 1.05. The highest BCUT2D eigenvalue weighted by Gasteiger charge is 2.34. The van der Waals surface area contributed by atoms with Crippen molar-refractivity contribution < 1.29 is 17.9 Å². The number of nitrogens with one attached hydrogen (secondary N) is 1. The standard InChI is InChI=1S/C29H34N6O4S/c30-28(36)22-7-9-24(10-8-22)39-17-20-2-1-13-35(16-20)40(37,38)18-19-3-5-21(6-4-19)27-26-23(15-33-34-27)14-32-29-25(26)11-12-31-29/h7-12,14-15,19-21H,1-6,13,16-18H2,(H2,30,36)(H,31,32). The molecule has 1 aromatic carbocycles. The Hall–Kier alpha value is -3.57. The lowest BCUT2D eigenvalue weighted by Gasteiger charge is -2.34. The number of benzene rings is 1. The number of H-pyrrole nitrogens is 1. The molecule has 0 bridgehead atoms. The van der Waals surface area contributed by atoms with Crippen molar-refractivity contribution in [1.29, 1.82) is 0 Å². The van der Waals surface area contributed by atoms with Gasteiger partial charge in [0.15, 0.2) is 0 Å². The van der Waals surface area contributed by atoms with Gasteiger partial charge in [0, 0.05) is 59.0 Å². The number of carbonyl (C=O) groups is 1. The van der Waals surface area contributed by atoms with Gasteiger partial charge in [0.05, 0.1) is 24.3 Å². The third kappa shape index (κ3) is 5.53. The second kappa shape index (κ2) is 11.1. The fourth-order valence-corrected chi connectivity index (χ4v) is 8.23. The predicted octanol–water partition coefficient (Wildman–Crippen LogP) is 4.00. The average molecular weight is 563 g/mol.